The normalized spacial score (nSPS) is 13.1. The quantitative estimate of drug-likeness (QED) is 0.302. The molecule has 9 nitrogen and oxygen atoms in total. The summed E-state index contributed by atoms with van der Waals surface area (Å²) in [6, 6.07) is 9.04. The number of anilines is 3. The van der Waals surface area contributed by atoms with Crippen molar-refractivity contribution in [1.82, 2.24) is 0 Å². The second-order valence-corrected chi connectivity index (χ2v) is 8.95. The van der Waals surface area contributed by atoms with Gasteiger partial charge >= 0.3 is 16.2 Å². The molecule has 180 valence electrons. The first-order chi connectivity index (χ1) is 16.4. The first-order valence-electron chi connectivity index (χ1n) is 9.67. The average Bonchev–Trinajstić information content (AvgIpc) is 2.82. The molecule has 0 spiro atoms. The number of nitrogen functional groups attached to an aromatic ring is 1. The molecule has 13 heteroatoms. The molecule has 0 aliphatic heterocycles. The monoisotopic (exact) mass is 505 g/mol. The van der Waals surface area contributed by atoms with Crippen molar-refractivity contribution in [2.24, 2.45) is 4.58 Å². The molecule has 0 atom stereocenters. The number of nitroso groups, excluding NO2 is 1. The second kappa shape index (κ2) is 8.20. The number of hydrogen-bond donors (Lipinski definition) is 2. The van der Waals surface area contributed by atoms with Crippen molar-refractivity contribution in [1.29, 1.82) is 0 Å². The van der Waals surface area contributed by atoms with E-state index in [4.69, 9.17) is 10.5 Å². The summed E-state index contributed by atoms with van der Waals surface area (Å²) in [6.07, 6.45) is -4.76. The Morgan fingerprint density at radius 3 is 2.11 bits per heavy atom. The number of fused-ring (bicyclic) bond motifs is 2. The highest BCUT2D eigenvalue weighted by molar-refractivity contribution is 7.90. The van der Waals surface area contributed by atoms with Gasteiger partial charge in [0.05, 0.1) is 39.8 Å². The predicted octanol–water partition coefficient (Wildman–Crippen LogP) is 4.27. The molecule has 0 amide bonds. The molecule has 0 heterocycles. The molecule has 35 heavy (non-hydrogen) atoms. The van der Waals surface area contributed by atoms with Gasteiger partial charge in [-0.1, -0.05) is 24.3 Å². The third kappa shape index (κ3) is 3.99. The van der Waals surface area contributed by atoms with E-state index in [2.05, 4.69) is 9.90 Å². The minimum Gasteiger partial charge on any atom is -0.497 e. The lowest BCUT2D eigenvalue weighted by atomic mass is 9.82. The van der Waals surface area contributed by atoms with Crippen molar-refractivity contribution >= 4 is 38.7 Å². The molecule has 1 aliphatic carbocycles. The fourth-order valence-corrected chi connectivity index (χ4v) is 4.48. The van der Waals surface area contributed by atoms with E-state index in [-0.39, 0.29) is 33.8 Å². The number of sulfonamides is 1. The molecule has 4 rings (SSSR count). The van der Waals surface area contributed by atoms with Gasteiger partial charge in [0.15, 0.2) is 11.6 Å². The maximum Gasteiger partial charge on any atom is 0.416 e. The van der Waals surface area contributed by atoms with Gasteiger partial charge in [-0.2, -0.15) is 21.6 Å². The summed E-state index contributed by atoms with van der Waals surface area (Å²) in [4.78, 5) is 36.6. The van der Waals surface area contributed by atoms with E-state index in [1.807, 2.05) is 0 Å². The van der Waals surface area contributed by atoms with E-state index >= 15 is 0 Å². The summed E-state index contributed by atoms with van der Waals surface area (Å²) >= 11 is 0. The molecule has 0 radical (unpaired) electrons. The molecule has 3 aromatic carbocycles. The molecule has 1 aliphatic rings. The van der Waals surface area contributed by atoms with Crippen LogP contribution in [0, 0.1) is 4.91 Å². The summed E-state index contributed by atoms with van der Waals surface area (Å²) in [5, 5.41) is 2.55. The summed E-state index contributed by atoms with van der Waals surface area (Å²) < 4.78 is 71.6. The summed E-state index contributed by atoms with van der Waals surface area (Å²) in [6.45, 7) is 0. The van der Waals surface area contributed by atoms with Crippen molar-refractivity contribution in [2.75, 3.05) is 18.2 Å². The van der Waals surface area contributed by atoms with Crippen LogP contribution in [0.4, 0.5) is 30.2 Å². The van der Waals surface area contributed by atoms with Crippen LogP contribution in [0.2, 0.25) is 0 Å². The molecule has 3 N–H and O–H groups in total. The van der Waals surface area contributed by atoms with Crippen LogP contribution < -0.4 is 15.8 Å². The van der Waals surface area contributed by atoms with Gasteiger partial charge in [0, 0.05) is 22.9 Å². The van der Waals surface area contributed by atoms with Crippen LogP contribution >= 0.6 is 0 Å². The fourth-order valence-electron chi connectivity index (χ4n) is 3.75. The van der Waals surface area contributed by atoms with Crippen molar-refractivity contribution < 1.29 is 35.9 Å². The molecule has 0 fully saturated rings. The number of nitrogens with zero attached hydrogens (tertiary/aromatic N) is 1. The Morgan fingerprint density at radius 1 is 0.971 bits per heavy atom. The number of ketones is 2. The molecule has 0 aromatic heterocycles. The Balaban J connectivity index is 2.02. The van der Waals surface area contributed by atoms with Gasteiger partial charge in [-0.05, 0) is 18.2 Å². The molecular weight excluding hydrogens is 491 g/mol. The maximum atomic E-state index is 13.4. The van der Waals surface area contributed by atoms with Crippen molar-refractivity contribution in [2.45, 2.75) is 11.1 Å². The molecule has 0 unspecified atom stereocenters. The molecule has 0 bridgehead atoms. The van der Waals surface area contributed by atoms with E-state index in [1.54, 1.807) is 0 Å². The Morgan fingerprint density at radius 2 is 1.57 bits per heavy atom. The molecule has 3 aromatic rings. The second-order valence-electron chi connectivity index (χ2n) is 7.41. The SMILES string of the molecule is COc1cc(Nc2cc(S(=O)(=O)N=O)c(N)c3c2C(=O)c2ccccc2C3=O)cc(C(F)(F)F)c1. The van der Waals surface area contributed by atoms with Crippen molar-refractivity contribution in [3.05, 3.63) is 81.3 Å². The Labute approximate surface area is 195 Å². The van der Waals surface area contributed by atoms with E-state index in [0.29, 0.717) is 6.07 Å². The minimum atomic E-state index is -4.90. The van der Waals surface area contributed by atoms with Gasteiger partial charge in [0.25, 0.3) is 0 Å². The van der Waals surface area contributed by atoms with Crippen LogP contribution in [0.5, 0.6) is 5.75 Å². The summed E-state index contributed by atoms with van der Waals surface area (Å²) in [5.74, 6) is -1.73. The zero-order valence-corrected chi connectivity index (χ0v) is 18.5. The van der Waals surface area contributed by atoms with Crippen LogP contribution in [0.15, 0.2) is 58.0 Å². The van der Waals surface area contributed by atoms with Gasteiger partial charge in [0.2, 0.25) is 0 Å². The van der Waals surface area contributed by atoms with Crippen LogP contribution in [0.1, 0.15) is 37.4 Å². The van der Waals surface area contributed by atoms with Crippen molar-refractivity contribution in [3.63, 3.8) is 0 Å². The number of rotatable bonds is 5. The lowest BCUT2D eigenvalue weighted by molar-refractivity contribution is -0.137. The van der Waals surface area contributed by atoms with E-state index in [0.717, 1.165) is 25.3 Å². The molecular formula is C22H14F3N3O6S. The molecule has 0 saturated carbocycles. The maximum absolute atomic E-state index is 13.4. The van der Waals surface area contributed by atoms with Crippen LogP contribution in [0.25, 0.3) is 0 Å². The standard InChI is InChI=1S/C22H14F3N3O6S/c1-34-12-7-10(22(23,24)25)6-11(8-12)27-15-9-16(35(32,33)28-31)19(26)18-17(15)20(29)13-4-2-3-5-14(13)21(18)30/h2-9,27H,26H2,1H3. The Kier molecular flexibility index (Phi) is 5.59. The number of ether oxygens (including phenoxy) is 1. The van der Waals surface area contributed by atoms with E-state index in [9.17, 15) is 36.1 Å². The average molecular weight is 505 g/mol. The zero-order valence-electron chi connectivity index (χ0n) is 17.6. The van der Waals surface area contributed by atoms with Gasteiger partial charge in [-0.15, -0.1) is 4.91 Å². The number of alkyl halides is 3. The van der Waals surface area contributed by atoms with Crippen LogP contribution in [-0.2, 0) is 16.2 Å². The zero-order chi connectivity index (χ0) is 25.7. The van der Waals surface area contributed by atoms with Crippen molar-refractivity contribution in [3.8, 4) is 5.75 Å². The van der Waals surface area contributed by atoms with Crippen LogP contribution in [-0.4, -0.2) is 27.1 Å². The number of nitrogens with one attached hydrogen (secondary N) is 1. The number of halogens is 3. The number of carbonyl (C=O) groups excluding carboxylic acids is 2. The first kappa shape index (κ1) is 23.9. The number of nitrogens with two attached hydrogens (primary N) is 1. The number of carbonyl (C=O) groups is 2. The third-order valence-electron chi connectivity index (χ3n) is 5.32. The topological polar surface area (TPSA) is 145 Å². The van der Waals surface area contributed by atoms with E-state index in [1.165, 1.54) is 24.3 Å². The van der Waals surface area contributed by atoms with Crippen LogP contribution in [0.3, 0.4) is 0 Å². The smallest absolute Gasteiger partial charge is 0.416 e. The Bertz CT molecular complexity index is 1530. The third-order valence-corrected chi connectivity index (χ3v) is 6.41. The Hall–Kier alpha value is -4.26. The van der Waals surface area contributed by atoms with Gasteiger partial charge in [-0.3, -0.25) is 9.59 Å². The number of methoxy groups -OCH3 is 1. The summed E-state index contributed by atoms with van der Waals surface area (Å²) in [5.41, 5.74) is 2.57. The van der Waals surface area contributed by atoms with Gasteiger partial charge in [-0.25, -0.2) is 0 Å². The summed E-state index contributed by atoms with van der Waals surface area (Å²) in [7, 11) is -3.76. The highest BCUT2D eigenvalue weighted by atomic mass is 32.2. The largest absolute Gasteiger partial charge is 0.497 e. The number of benzene rings is 3. The first-order valence-corrected chi connectivity index (χ1v) is 11.1. The minimum absolute atomic E-state index is 0.0156. The lowest BCUT2D eigenvalue weighted by Gasteiger charge is -2.24. The fraction of sp³-hybridized carbons (Fsp3) is 0.0909. The predicted molar refractivity (Wildman–Crippen MR) is 118 cm³/mol. The van der Waals surface area contributed by atoms with Gasteiger partial charge < -0.3 is 15.8 Å². The highest BCUT2D eigenvalue weighted by Crippen LogP contribution is 2.41. The highest BCUT2D eigenvalue weighted by Gasteiger charge is 2.37. The van der Waals surface area contributed by atoms with Gasteiger partial charge in [0.1, 0.15) is 10.6 Å². The number of hydrogen-bond acceptors (Lipinski definition) is 8. The lowest BCUT2D eigenvalue weighted by Crippen LogP contribution is -2.25. The molecule has 0 saturated heterocycles. The van der Waals surface area contributed by atoms with E-state index < -0.39 is 49.5 Å².